The molecular formula is C30H29N3O7S2. The summed E-state index contributed by atoms with van der Waals surface area (Å²) in [5, 5.41) is 3.57. The third-order valence-corrected chi connectivity index (χ3v) is 9.33. The minimum atomic E-state index is -1.69. The molecule has 218 valence electrons. The van der Waals surface area contributed by atoms with Crippen molar-refractivity contribution in [3.63, 3.8) is 0 Å². The number of fused-ring (bicyclic) bond motifs is 1. The highest BCUT2D eigenvalue weighted by molar-refractivity contribution is 7.86. The van der Waals surface area contributed by atoms with Gasteiger partial charge in [0.25, 0.3) is 5.91 Å². The average molecular weight is 608 g/mol. The fourth-order valence-corrected chi connectivity index (χ4v) is 7.14. The van der Waals surface area contributed by atoms with E-state index in [4.69, 9.17) is 9.47 Å². The standard InChI is InChI=1S/C30H29N3O7S2/c1-32(2)30(37)39-17-21-18-42(38)28-24(31-23(34)16-22-14-9-15-41-22)27(35)33(28)25(21)29(36)40-26(19-10-5-3-6-11-19)20-12-7-4-8-13-20/h3-15,24,26,28H,16-18H2,1-2H3,(H,31,34)/t24-,28-,42?/m1/s1. The van der Waals surface area contributed by atoms with E-state index in [9.17, 15) is 23.4 Å². The Hall–Kier alpha value is -4.29. The Balaban J connectivity index is 1.44. The molecule has 2 aromatic carbocycles. The van der Waals surface area contributed by atoms with Crippen LogP contribution >= 0.6 is 11.3 Å². The lowest BCUT2D eigenvalue weighted by molar-refractivity contribution is -0.155. The number of rotatable bonds is 9. The van der Waals surface area contributed by atoms with Gasteiger partial charge < -0.3 is 19.7 Å². The number of β-lactam (4-membered cyclic amide) rings is 1. The van der Waals surface area contributed by atoms with E-state index in [-0.39, 0.29) is 36.0 Å². The Morgan fingerprint density at radius 3 is 2.24 bits per heavy atom. The predicted molar refractivity (Wildman–Crippen MR) is 156 cm³/mol. The molecule has 12 heteroatoms. The van der Waals surface area contributed by atoms with Gasteiger partial charge >= 0.3 is 12.1 Å². The van der Waals surface area contributed by atoms with Crippen molar-refractivity contribution in [3.8, 4) is 0 Å². The van der Waals surface area contributed by atoms with Crippen LogP contribution < -0.4 is 5.32 Å². The van der Waals surface area contributed by atoms with Gasteiger partial charge in [-0.25, -0.2) is 9.59 Å². The van der Waals surface area contributed by atoms with Crippen molar-refractivity contribution < 1.29 is 32.9 Å². The van der Waals surface area contributed by atoms with Crippen LogP contribution in [-0.2, 0) is 41.1 Å². The van der Waals surface area contributed by atoms with Crippen molar-refractivity contribution in [1.29, 1.82) is 0 Å². The van der Waals surface area contributed by atoms with Gasteiger partial charge in [-0.3, -0.25) is 18.7 Å². The molecule has 1 unspecified atom stereocenters. The summed E-state index contributed by atoms with van der Waals surface area (Å²) in [6, 6.07) is 20.9. The van der Waals surface area contributed by atoms with Crippen molar-refractivity contribution in [2.75, 3.05) is 26.5 Å². The quantitative estimate of drug-likeness (QED) is 0.293. The number of ether oxygens (including phenoxy) is 2. The molecule has 3 atom stereocenters. The lowest BCUT2D eigenvalue weighted by atomic mass is 10.0. The molecule has 0 aliphatic carbocycles. The average Bonchev–Trinajstić information content (AvgIpc) is 3.50. The predicted octanol–water partition coefficient (Wildman–Crippen LogP) is 2.99. The number of nitrogens with zero attached hydrogens (tertiary/aromatic N) is 2. The van der Waals surface area contributed by atoms with Crippen LogP contribution in [0.3, 0.4) is 0 Å². The van der Waals surface area contributed by atoms with Gasteiger partial charge in [0.1, 0.15) is 23.7 Å². The third-order valence-electron chi connectivity index (χ3n) is 6.79. The lowest BCUT2D eigenvalue weighted by Crippen LogP contribution is -2.73. The van der Waals surface area contributed by atoms with E-state index >= 15 is 0 Å². The van der Waals surface area contributed by atoms with E-state index in [1.165, 1.54) is 30.3 Å². The van der Waals surface area contributed by atoms with Gasteiger partial charge in [0.05, 0.1) is 23.0 Å². The van der Waals surface area contributed by atoms with Crippen LogP contribution in [0.2, 0.25) is 0 Å². The number of benzene rings is 2. The Labute approximate surface area is 249 Å². The summed E-state index contributed by atoms with van der Waals surface area (Å²) in [6.45, 7) is -0.361. The van der Waals surface area contributed by atoms with Crippen LogP contribution in [0.25, 0.3) is 0 Å². The van der Waals surface area contributed by atoms with Gasteiger partial charge in [-0.05, 0) is 22.6 Å². The highest BCUT2D eigenvalue weighted by Gasteiger charge is 2.57. The second-order valence-corrected chi connectivity index (χ2v) is 12.5. The van der Waals surface area contributed by atoms with Gasteiger partial charge in [0, 0.05) is 24.5 Å². The molecule has 1 aromatic heterocycles. The largest absolute Gasteiger partial charge is 0.448 e. The molecular weight excluding hydrogens is 578 g/mol. The van der Waals surface area contributed by atoms with E-state index in [1.807, 2.05) is 78.2 Å². The first-order valence-electron chi connectivity index (χ1n) is 13.1. The van der Waals surface area contributed by atoms with Gasteiger partial charge in [-0.1, -0.05) is 66.7 Å². The number of thiophene rings is 1. The molecule has 42 heavy (non-hydrogen) atoms. The summed E-state index contributed by atoms with van der Waals surface area (Å²) in [5.74, 6) is -1.95. The number of amides is 3. The fraction of sp³-hybridized carbons (Fsp3) is 0.267. The van der Waals surface area contributed by atoms with Crippen LogP contribution in [0.15, 0.2) is 89.4 Å². The molecule has 0 spiro atoms. The maximum Gasteiger partial charge on any atom is 0.409 e. The minimum Gasteiger partial charge on any atom is -0.448 e. The molecule has 1 saturated heterocycles. The SMILES string of the molecule is CN(C)C(=O)OCC1=C(C(=O)OC(c2ccccc2)c2ccccc2)N2C(=O)[C@@H](NC(=O)Cc3cccs3)[C@H]2S(=O)C1. The molecule has 5 rings (SSSR count). The van der Waals surface area contributed by atoms with Crippen molar-refractivity contribution >= 4 is 46.0 Å². The highest BCUT2D eigenvalue weighted by atomic mass is 32.2. The van der Waals surface area contributed by atoms with Crippen molar-refractivity contribution in [3.05, 3.63) is 105 Å². The molecule has 1 fully saturated rings. The summed E-state index contributed by atoms with van der Waals surface area (Å²) < 4.78 is 24.7. The fourth-order valence-electron chi connectivity index (χ4n) is 4.77. The number of nitrogens with one attached hydrogen (secondary N) is 1. The van der Waals surface area contributed by atoms with Crippen molar-refractivity contribution in [1.82, 2.24) is 15.1 Å². The van der Waals surface area contributed by atoms with Crippen LogP contribution in [0, 0.1) is 0 Å². The van der Waals surface area contributed by atoms with E-state index in [0.717, 1.165) is 9.78 Å². The maximum absolute atomic E-state index is 13.9. The van der Waals surface area contributed by atoms with Crippen LogP contribution in [0.4, 0.5) is 4.79 Å². The number of esters is 1. The summed E-state index contributed by atoms with van der Waals surface area (Å²) in [7, 11) is 1.33. The lowest BCUT2D eigenvalue weighted by Gasteiger charge is -2.49. The summed E-state index contributed by atoms with van der Waals surface area (Å²) >= 11 is 1.41. The molecule has 0 saturated carbocycles. The molecule has 2 aliphatic rings. The number of carbonyl (C=O) groups excluding carboxylic acids is 4. The van der Waals surface area contributed by atoms with E-state index in [1.54, 1.807) is 0 Å². The summed E-state index contributed by atoms with van der Waals surface area (Å²) in [5.41, 5.74) is 1.49. The van der Waals surface area contributed by atoms with Gasteiger partial charge in [0.15, 0.2) is 6.10 Å². The van der Waals surface area contributed by atoms with Gasteiger partial charge in [-0.2, -0.15) is 0 Å². The number of hydrogen-bond acceptors (Lipinski definition) is 8. The van der Waals surface area contributed by atoms with E-state index < -0.39 is 46.3 Å². The maximum atomic E-state index is 13.9. The first-order valence-corrected chi connectivity index (χ1v) is 15.4. The van der Waals surface area contributed by atoms with Gasteiger partial charge in [-0.15, -0.1) is 11.3 Å². The zero-order valence-electron chi connectivity index (χ0n) is 22.9. The zero-order chi connectivity index (χ0) is 29.8. The van der Waals surface area contributed by atoms with Crippen LogP contribution in [-0.4, -0.2) is 75.8 Å². The van der Waals surface area contributed by atoms with Crippen molar-refractivity contribution in [2.24, 2.45) is 0 Å². The Bertz CT molecular complexity index is 1490. The number of carbonyl (C=O) groups is 4. The van der Waals surface area contributed by atoms with Crippen LogP contribution in [0.5, 0.6) is 0 Å². The second-order valence-electron chi connectivity index (χ2n) is 9.93. The smallest absolute Gasteiger partial charge is 0.409 e. The zero-order valence-corrected chi connectivity index (χ0v) is 24.6. The van der Waals surface area contributed by atoms with Crippen LogP contribution in [0.1, 0.15) is 22.1 Å². The van der Waals surface area contributed by atoms with E-state index in [0.29, 0.717) is 11.1 Å². The summed E-state index contributed by atoms with van der Waals surface area (Å²) in [4.78, 5) is 55.4. The molecule has 10 nitrogen and oxygen atoms in total. The highest BCUT2D eigenvalue weighted by Crippen LogP contribution is 2.37. The first-order chi connectivity index (χ1) is 20.2. The molecule has 1 N–H and O–H groups in total. The molecule has 3 aromatic rings. The molecule has 2 aliphatic heterocycles. The monoisotopic (exact) mass is 607 g/mol. The van der Waals surface area contributed by atoms with Crippen molar-refractivity contribution in [2.45, 2.75) is 23.9 Å². The summed E-state index contributed by atoms with van der Waals surface area (Å²) in [6.07, 6.45) is -1.39. The second kappa shape index (κ2) is 12.7. The Morgan fingerprint density at radius 2 is 1.67 bits per heavy atom. The van der Waals surface area contributed by atoms with E-state index in [2.05, 4.69) is 5.32 Å². The minimum absolute atomic E-state index is 0.0765. The normalized spacial score (nSPS) is 19.5. The Kier molecular flexibility index (Phi) is 8.83. The van der Waals surface area contributed by atoms with Gasteiger partial charge in [0.2, 0.25) is 5.91 Å². The molecule has 0 bridgehead atoms. The first kappa shape index (κ1) is 29.2. The molecule has 0 radical (unpaired) electrons. The number of hydrogen-bond donors (Lipinski definition) is 1. The molecule has 3 heterocycles. The third kappa shape index (κ3) is 6.14. The molecule has 3 amide bonds. The Morgan fingerprint density at radius 1 is 1.02 bits per heavy atom. The topological polar surface area (TPSA) is 122 Å².